The lowest BCUT2D eigenvalue weighted by Crippen LogP contribution is -2.49. The fraction of sp³-hybridized carbons (Fsp3) is 0.500. The van der Waals surface area contributed by atoms with Crippen molar-refractivity contribution in [3.8, 4) is 0 Å². The van der Waals surface area contributed by atoms with E-state index in [1.54, 1.807) is 4.90 Å². The summed E-state index contributed by atoms with van der Waals surface area (Å²) in [6, 6.07) is 5.97. The molecule has 1 aromatic rings. The lowest BCUT2D eigenvalue weighted by molar-refractivity contribution is -0.0570. The van der Waals surface area contributed by atoms with Crippen LogP contribution in [0.2, 0.25) is 0 Å². The highest BCUT2D eigenvalue weighted by molar-refractivity contribution is 7.90. The molecule has 1 amide bonds. The highest BCUT2D eigenvalue weighted by Crippen LogP contribution is 2.17. The Balaban J connectivity index is 2.16. The van der Waals surface area contributed by atoms with Gasteiger partial charge in [0.15, 0.2) is 9.84 Å². The molecule has 1 aromatic carbocycles. The summed E-state index contributed by atoms with van der Waals surface area (Å²) < 4.78 is 28.4. The van der Waals surface area contributed by atoms with Gasteiger partial charge in [-0.1, -0.05) is 0 Å². The molecule has 1 fully saturated rings. The summed E-state index contributed by atoms with van der Waals surface area (Å²) in [7, 11) is -3.25. The van der Waals surface area contributed by atoms with E-state index in [2.05, 4.69) is 0 Å². The Kier molecular flexibility index (Phi) is 4.91. The Morgan fingerprint density at radius 1 is 1.33 bits per heavy atom. The van der Waals surface area contributed by atoms with Crippen molar-refractivity contribution in [2.24, 2.45) is 0 Å². The molecule has 7 heteroatoms. The molecular weight excluding hydrogens is 314 g/mol. The largest absolute Gasteiger partial charge is 0.370 e. The van der Waals surface area contributed by atoms with Crippen molar-refractivity contribution in [2.75, 3.05) is 25.2 Å². The quantitative estimate of drug-likeness (QED) is 0.788. The van der Waals surface area contributed by atoms with Gasteiger partial charge >= 0.3 is 0 Å². The molecule has 0 radical (unpaired) electrons. The molecule has 0 bridgehead atoms. The van der Waals surface area contributed by atoms with Crippen molar-refractivity contribution in [3.63, 3.8) is 0 Å². The van der Waals surface area contributed by atoms with Crippen molar-refractivity contribution >= 4 is 27.3 Å². The van der Waals surface area contributed by atoms with E-state index < -0.39 is 9.84 Å². The first-order chi connectivity index (χ1) is 9.81. The van der Waals surface area contributed by atoms with Gasteiger partial charge in [-0.2, -0.15) is 0 Å². The van der Waals surface area contributed by atoms with E-state index in [1.807, 2.05) is 6.92 Å². The van der Waals surface area contributed by atoms with Crippen LogP contribution in [-0.2, 0) is 14.6 Å². The zero-order valence-corrected chi connectivity index (χ0v) is 13.5. The molecule has 0 spiro atoms. The van der Waals surface area contributed by atoms with Gasteiger partial charge in [0.25, 0.3) is 5.91 Å². The van der Waals surface area contributed by atoms with Crippen LogP contribution in [0, 0.1) is 0 Å². The maximum Gasteiger partial charge on any atom is 0.254 e. The van der Waals surface area contributed by atoms with Crippen LogP contribution < -0.4 is 0 Å². The molecule has 21 heavy (non-hydrogen) atoms. The molecule has 1 heterocycles. The minimum absolute atomic E-state index is 0.0678. The molecule has 5 nitrogen and oxygen atoms in total. The maximum atomic E-state index is 12.4. The van der Waals surface area contributed by atoms with Gasteiger partial charge in [0.05, 0.1) is 23.0 Å². The first-order valence-electron chi connectivity index (χ1n) is 6.62. The third-order valence-electron chi connectivity index (χ3n) is 3.32. The van der Waals surface area contributed by atoms with Crippen LogP contribution in [0.3, 0.4) is 0 Å². The molecule has 0 N–H and O–H groups in total. The van der Waals surface area contributed by atoms with Crippen LogP contribution >= 0.6 is 11.6 Å². The van der Waals surface area contributed by atoms with Gasteiger partial charge in [0.1, 0.15) is 0 Å². The minimum atomic E-state index is -3.25. The second-order valence-electron chi connectivity index (χ2n) is 5.23. The van der Waals surface area contributed by atoms with Crippen LogP contribution in [0.1, 0.15) is 17.3 Å². The van der Waals surface area contributed by atoms with Crippen LogP contribution in [-0.4, -0.2) is 56.7 Å². The Hall–Kier alpha value is -1.11. The number of alkyl halides is 1. The van der Waals surface area contributed by atoms with Gasteiger partial charge < -0.3 is 9.64 Å². The molecule has 2 atom stereocenters. The van der Waals surface area contributed by atoms with E-state index in [0.29, 0.717) is 24.5 Å². The Morgan fingerprint density at radius 3 is 2.48 bits per heavy atom. The lowest BCUT2D eigenvalue weighted by Gasteiger charge is -2.36. The molecule has 1 aliphatic heterocycles. The first kappa shape index (κ1) is 16.3. The Bertz CT molecular complexity index is 614. The predicted octanol–water partition coefficient (Wildman–Crippen LogP) is 1.56. The number of halogens is 1. The number of hydrogen-bond donors (Lipinski definition) is 0. The number of hydrogen-bond acceptors (Lipinski definition) is 4. The van der Waals surface area contributed by atoms with Crippen molar-refractivity contribution < 1.29 is 17.9 Å². The molecule has 0 saturated carbocycles. The summed E-state index contributed by atoms with van der Waals surface area (Å²) >= 11 is 5.80. The summed E-state index contributed by atoms with van der Waals surface area (Å²) in [4.78, 5) is 14.3. The van der Waals surface area contributed by atoms with Crippen molar-refractivity contribution in [1.82, 2.24) is 4.90 Å². The number of carbonyl (C=O) groups is 1. The standard InChI is InChI=1S/C14H18ClNO4S/c1-10-8-16(9-12(7-15)20-10)14(17)11-3-5-13(6-4-11)21(2,18)19/h3-6,10,12H,7-9H2,1-2H3. The summed E-state index contributed by atoms with van der Waals surface area (Å²) in [5, 5.41) is 0. The van der Waals surface area contributed by atoms with Gasteiger partial charge in [-0.3, -0.25) is 4.79 Å². The van der Waals surface area contributed by atoms with Crippen molar-refractivity contribution in [1.29, 1.82) is 0 Å². The average molecular weight is 332 g/mol. The number of amides is 1. The second-order valence-corrected chi connectivity index (χ2v) is 7.55. The van der Waals surface area contributed by atoms with E-state index in [-0.39, 0.29) is 23.0 Å². The van der Waals surface area contributed by atoms with E-state index in [9.17, 15) is 13.2 Å². The van der Waals surface area contributed by atoms with Gasteiger partial charge in [-0.15, -0.1) is 11.6 Å². The van der Waals surface area contributed by atoms with E-state index >= 15 is 0 Å². The first-order valence-corrected chi connectivity index (χ1v) is 9.04. The molecule has 1 saturated heterocycles. The van der Waals surface area contributed by atoms with Crippen LogP contribution in [0.4, 0.5) is 0 Å². The van der Waals surface area contributed by atoms with E-state index in [4.69, 9.17) is 16.3 Å². The maximum absolute atomic E-state index is 12.4. The molecular formula is C14H18ClNO4S. The van der Waals surface area contributed by atoms with Crippen molar-refractivity contribution in [3.05, 3.63) is 29.8 Å². The lowest BCUT2D eigenvalue weighted by atomic mass is 10.1. The van der Waals surface area contributed by atoms with Crippen molar-refractivity contribution in [2.45, 2.75) is 24.0 Å². The smallest absolute Gasteiger partial charge is 0.254 e. The highest BCUT2D eigenvalue weighted by Gasteiger charge is 2.28. The minimum Gasteiger partial charge on any atom is -0.370 e. The number of benzene rings is 1. The summed E-state index contributed by atoms with van der Waals surface area (Å²) in [5.41, 5.74) is 0.463. The van der Waals surface area contributed by atoms with Gasteiger partial charge in [-0.25, -0.2) is 8.42 Å². The SMILES string of the molecule is CC1CN(C(=O)c2ccc(S(C)(=O)=O)cc2)CC(CCl)O1. The van der Waals surface area contributed by atoms with E-state index in [0.717, 1.165) is 6.26 Å². The molecule has 0 aliphatic carbocycles. The van der Waals surface area contributed by atoms with E-state index in [1.165, 1.54) is 24.3 Å². The molecule has 0 aromatic heterocycles. The molecule has 2 rings (SSSR count). The van der Waals surface area contributed by atoms with Crippen LogP contribution in [0.5, 0.6) is 0 Å². The number of carbonyl (C=O) groups excluding carboxylic acids is 1. The number of ether oxygens (including phenoxy) is 1. The van der Waals surface area contributed by atoms with Crippen LogP contribution in [0.25, 0.3) is 0 Å². The zero-order valence-electron chi connectivity index (χ0n) is 12.0. The number of morpholine rings is 1. The summed E-state index contributed by atoms with van der Waals surface area (Å²) in [5.74, 6) is 0.196. The highest BCUT2D eigenvalue weighted by atomic mass is 35.5. The topological polar surface area (TPSA) is 63.7 Å². The molecule has 1 aliphatic rings. The number of sulfone groups is 1. The molecule has 2 unspecified atom stereocenters. The van der Waals surface area contributed by atoms with Gasteiger partial charge in [0, 0.05) is 24.9 Å². The summed E-state index contributed by atoms with van der Waals surface area (Å²) in [6.07, 6.45) is 0.898. The number of nitrogens with zero attached hydrogens (tertiary/aromatic N) is 1. The molecule has 116 valence electrons. The van der Waals surface area contributed by atoms with Gasteiger partial charge in [0.2, 0.25) is 0 Å². The van der Waals surface area contributed by atoms with Crippen LogP contribution in [0.15, 0.2) is 29.2 Å². The third-order valence-corrected chi connectivity index (χ3v) is 4.79. The second kappa shape index (κ2) is 6.34. The Labute approximate surface area is 129 Å². The summed E-state index contributed by atoms with van der Waals surface area (Å²) in [6.45, 7) is 2.84. The van der Waals surface area contributed by atoms with Gasteiger partial charge in [-0.05, 0) is 31.2 Å². The Morgan fingerprint density at radius 2 is 1.95 bits per heavy atom. The monoisotopic (exact) mass is 331 g/mol. The fourth-order valence-corrected chi connectivity index (χ4v) is 3.12. The fourth-order valence-electron chi connectivity index (χ4n) is 2.32. The third kappa shape index (κ3) is 3.96. The average Bonchev–Trinajstić information content (AvgIpc) is 2.45. The number of rotatable bonds is 3. The normalized spacial score (nSPS) is 23.1. The zero-order chi connectivity index (χ0) is 15.6. The predicted molar refractivity (Wildman–Crippen MR) is 80.5 cm³/mol.